The number of nitro benzene ring substituents is 1. The van der Waals surface area contributed by atoms with Crippen LogP contribution in [-0.2, 0) is 10.1 Å². The molecule has 0 amide bonds. The lowest BCUT2D eigenvalue weighted by Crippen LogP contribution is -2.04. The predicted molar refractivity (Wildman–Crippen MR) is 54.2 cm³/mol. The van der Waals surface area contributed by atoms with E-state index in [0.717, 1.165) is 6.07 Å². The van der Waals surface area contributed by atoms with Crippen molar-refractivity contribution in [2.45, 2.75) is 11.8 Å². The zero-order valence-electron chi connectivity index (χ0n) is 8.50. The van der Waals surface area contributed by atoms with Gasteiger partial charge in [0.15, 0.2) is 0 Å². The summed E-state index contributed by atoms with van der Waals surface area (Å²) in [7, 11) is -3.34. The molecule has 0 aliphatic heterocycles. The standard InChI is InChI=1S/C8H9NO6S/c1-5-3-7(15-2)8(16(12,13)14)4-6(5)9(10)11/h3-4H,1-2H3,(H,12,13,14). The van der Waals surface area contributed by atoms with E-state index in [9.17, 15) is 18.5 Å². The van der Waals surface area contributed by atoms with Gasteiger partial charge in [-0.2, -0.15) is 8.42 Å². The van der Waals surface area contributed by atoms with Crippen LogP contribution in [0.15, 0.2) is 17.0 Å². The van der Waals surface area contributed by atoms with Crippen molar-refractivity contribution >= 4 is 15.8 Å². The Bertz CT molecular complexity index is 536. The molecule has 0 aliphatic carbocycles. The molecule has 1 rings (SSSR count). The SMILES string of the molecule is COc1cc(C)c([N+](=O)[O-])cc1S(=O)(=O)O. The second-order valence-electron chi connectivity index (χ2n) is 3.02. The summed E-state index contributed by atoms with van der Waals surface area (Å²) in [5.74, 6) is -0.134. The quantitative estimate of drug-likeness (QED) is 0.488. The Kier molecular flexibility index (Phi) is 3.15. The fourth-order valence-electron chi connectivity index (χ4n) is 1.21. The summed E-state index contributed by atoms with van der Waals surface area (Å²) in [5, 5.41) is 10.6. The van der Waals surface area contributed by atoms with E-state index >= 15 is 0 Å². The van der Waals surface area contributed by atoms with Gasteiger partial charge in [0, 0.05) is 11.6 Å². The minimum atomic E-state index is -4.55. The van der Waals surface area contributed by atoms with Gasteiger partial charge >= 0.3 is 0 Å². The summed E-state index contributed by atoms with van der Waals surface area (Å²) in [4.78, 5) is 9.24. The lowest BCUT2D eigenvalue weighted by atomic mass is 10.2. The Morgan fingerprint density at radius 3 is 2.38 bits per heavy atom. The van der Waals surface area contributed by atoms with Gasteiger partial charge in [0.05, 0.1) is 12.0 Å². The Hall–Kier alpha value is -1.67. The van der Waals surface area contributed by atoms with Crippen molar-refractivity contribution in [3.8, 4) is 5.75 Å². The van der Waals surface area contributed by atoms with Crippen LogP contribution < -0.4 is 4.74 Å². The molecule has 0 radical (unpaired) electrons. The smallest absolute Gasteiger partial charge is 0.298 e. The molecule has 8 heteroatoms. The fourth-order valence-corrected chi connectivity index (χ4v) is 1.87. The van der Waals surface area contributed by atoms with Crippen LogP contribution in [0.4, 0.5) is 5.69 Å². The topological polar surface area (TPSA) is 107 Å². The highest BCUT2D eigenvalue weighted by molar-refractivity contribution is 7.86. The largest absolute Gasteiger partial charge is 0.495 e. The van der Waals surface area contributed by atoms with Crippen LogP contribution in [0.2, 0.25) is 0 Å². The molecule has 0 saturated heterocycles. The van der Waals surface area contributed by atoms with E-state index in [4.69, 9.17) is 9.29 Å². The fraction of sp³-hybridized carbons (Fsp3) is 0.250. The second-order valence-corrected chi connectivity index (χ2v) is 4.41. The minimum Gasteiger partial charge on any atom is -0.495 e. The molecule has 0 atom stereocenters. The molecule has 0 unspecified atom stereocenters. The van der Waals surface area contributed by atoms with E-state index in [2.05, 4.69) is 0 Å². The summed E-state index contributed by atoms with van der Waals surface area (Å²) in [6, 6.07) is 1.95. The van der Waals surface area contributed by atoms with Gasteiger partial charge in [0.2, 0.25) is 0 Å². The molecule has 0 aliphatic rings. The molecule has 0 bridgehead atoms. The van der Waals surface area contributed by atoms with E-state index in [1.807, 2.05) is 0 Å². The number of aryl methyl sites for hydroxylation is 1. The zero-order valence-corrected chi connectivity index (χ0v) is 9.32. The average Bonchev–Trinajstić information content (AvgIpc) is 2.14. The number of rotatable bonds is 3. The molecule has 0 saturated carbocycles. The predicted octanol–water partition coefficient (Wildman–Crippen LogP) is 1.16. The first-order valence-corrected chi connectivity index (χ1v) is 5.52. The van der Waals surface area contributed by atoms with Crippen molar-refractivity contribution in [1.29, 1.82) is 0 Å². The molecule has 0 fully saturated rings. The van der Waals surface area contributed by atoms with Gasteiger partial charge in [-0.15, -0.1) is 0 Å². The van der Waals surface area contributed by atoms with Gasteiger partial charge < -0.3 is 4.74 Å². The third-order valence-electron chi connectivity index (χ3n) is 1.96. The molecule has 16 heavy (non-hydrogen) atoms. The van der Waals surface area contributed by atoms with Crippen LogP contribution in [0.5, 0.6) is 5.75 Å². The van der Waals surface area contributed by atoms with Gasteiger partial charge in [0.1, 0.15) is 10.6 Å². The Balaban J connectivity index is 3.60. The normalized spacial score (nSPS) is 11.2. The van der Waals surface area contributed by atoms with Crippen molar-refractivity contribution in [2.24, 2.45) is 0 Å². The number of benzene rings is 1. The van der Waals surface area contributed by atoms with Crippen molar-refractivity contribution < 1.29 is 22.6 Å². The Morgan fingerprint density at radius 2 is 2.00 bits per heavy atom. The molecule has 7 nitrogen and oxygen atoms in total. The lowest BCUT2D eigenvalue weighted by molar-refractivity contribution is -0.385. The lowest BCUT2D eigenvalue weighted by Gasteiger charge is -2.07. The molecule has 1 aromatic carbocycles. The monoisotopic (exact) mass is 247 g/mol. The second kappa shape index (κ2) is 4.06. The summed E-state index contributed by atoms with van der Waals surface area (Å²) in [5.41, 5.74) is -0.150. The van der Waals surface area contributed by atoms with Crippen LogP contribution in [0.25, 0.3) is 0 Å². The molecular formula is C8H9NO6S. The summed E-state index contributed by atoms with van der Waals surface area (Å²) in [6.07, 6.45) is 0. The van der Waals surface area contributed by atoms with Crippen LogP contribution in [0.1, 0.15) is 5.56 Å². The van der Waals surface area contributed by atoms with Gasteiger partial charge in [-0.25, -0.2) is 0 Å². The van der Waals surface area contributed by atoms with E-state index in [1.54, 1.807) is 0 Å². The molecular weight excluding hydrogens is 238 g/mol. The Morgan fingerprint density at radius 1 is 1.44 bits per heavy atom. The number of methoxy groups -OCH3 is 1. The van der Waals surface area contributed by atoms with Gasteiger partial charge in [0.25, 0.3) is 15.8 Å². The van der Waals surface area contributed by atoms with Crippen LogP contribution in [0.3, 0.4) is 0 Å². The average molecular weight is 247 g/mol. The van der Waals surface area contributed by atoms with E-state index in [-0.39, 0.29) is 11.3 Å². The summed E-state index contributed by atoms with van der Waals surface area (Å²) >= 11 is 0. The van der Waals surface area contributed by atoms with E-state index in [0.29, 0.717) is 0 Å². The summed E-state index contributed by atoms with van der Waals surface area (Å²) < 4.78 is 35.5. The third-order valence-corrected chi connectivity index (χ3v) is 2.83. The van der Waals surface area contributed by atoms with Crippen LogP contribution in [0, 0.1) is 17.0 Å². The van der Waals surface area contributed by atoms with Crippen molar-refractivity contribution in [1.82, 2.24) is 0 Å². The maximum absolute atomic E-state index is 11.0. The molecule has 1 N–H and O–H groups in total. The number of ether oxygens (including phenoxy) is 1. The highest BCUT2D eigenvalue weighted by Gasteiger charge is 2.23. The molecule has 0 heterocycles. The molecule has 1 aromatic rings. The number of nitrogens with zero attached hydrogens (tertiary/aromatic N) is 1. The Labute approximate surface area is 91.6 Å². The number of hydrogen-bond donors (Lipinski definition) is 1. The van der Waals surface area contributed by atoms with Crippen molar-refractivity contribution in [3.05, 3.63) is 27.8 Å². The molecule has 0 aromatic heterocycles. The van der Waals surface area contributed by atoms with Crippen molar-refractivity contribution in [2.75, 3.05) is 7.11 Å². The van der Waals surface area contributed by atoms with Gasteiger partial charge in [-0.05, 0) is 13.0 Å². The van der Waals surface area contributed by atoms with Crippen molar-refractivity contribution in [3.63, 3.8) is 0 Å². The first-order valence-electron chi connectivity index (χ1n) is 4.08. The minimum absolute atomic E-state index is 0.134. The van der Waals surface area contributed by atoms with E-state index in [1.165, 1.54) is 20.1 Å². The number of hydrogen-bond acceptors (Lipinski definition) is 5. The third kappa shape index (κ3) is 2.28. The highest BCUT2D eigenvalue weighted by Crippen LogP contribution is 2.31. The highest BCUT2D eigenvalue weighted by atomic mass is 32.2. The van der Waals surface area contributed by atoms with Crippen LogP contribution in [-0.4, -0.2) is 25.0 Å². The maximum Gasteiger partial charge on any atom is 0.298 e. The van der Waals surface area contributed by atoms with Gasteiger partial charge in [-0.3, -0.25) is 14.7 Å². The van der Waals surface area contributed by atoms with E-state index < -0.39 is 25.6 Å². The summed E-state index contributed by atoms with van der Waals surface area (Å²) in [6.45, 7) is 1.44. The molecule has 0 spiro atoms. The first kappa shape index (κ1) is 12.4. The van der Waals surface area contributed by atoms with Gasteiger partial charge in [-0.1, -0.05) is 0 Å². The molecule has 88 valence electrons. The number of nitro groups is 1. The zero-order chi connectivity index (χ0) is 12.5. The maximum atomic E-state index is 11.0. The van der Waals surface area contributed by atoms with Crippen LogP contribution >= 0.6 is 0 Å². The first-order chi connectivity index (χ1) is 7.27.